The maximum atomic E-state index is 11.7. The fourth-order valence-electron chi connectivity index (χ4n) is 1.15. The van der Waals surface area contributed by atoms with Crippen LogP contribution in [0, 0.1) is 3.57 Å². The zero-order chi connectivity index (χ0) is 10.7. The van der Waals surface area contributed by atoms with E-state index in [2.05, 4.69) is 38.1 Å². The quantitative estimate of drug-likeness (QED) is 0.836. The van der Waals surface area contributed by atoms with Gasteiger partial charge < -0.3 is 5.32 Å². The summed E-state index contributed by atoms with van der Waals surface area (Å²) in [5.41, 5.74) is 0.636. The molecule has 0 aliphatic heterocycles. The fraction of sp³-hybridized carbons (Fsp3) is 0. The number of carbonyl (C=O) groups is 1. The number of rotatable bonds is 2. The molecule has 0 fully saturated rings. The first-order valence-electron chi connectivity index (χ1n) is 4.32. The molecule has 2 aromatic rings. The van der Waals surface area contributed by atoms with Gasteiger partial charge in [-0.05, 0) is 40.8 Å². The van der Waals surface area contributed by atoms with Crippen molar-refractivity contribution in [1.29, 1.82) is 0 Å². The van der Waals surface area contributed by atoms with Gasteiger partial charge in [-0.1, -0.05) is 6.07 Å². The van der Waals surface area contributed by atoms with Gasteiger partial charge >= 0.3 is 0 Å². The zero-order valence-corrected chi connectivity index (χ0v) is 9.86. The van der Waals surface area contributed by atoms with Crippen LogP contribution in [-0.2, 0) is 0 Å². The van der Waals surface area contributed by atoms with Crippen molar-refractivity contribution in [2.24, 2.45) is 0 Å². The van der Waals surface area contributed by atoms with Crippen LogP contribution in [0.25, 0.3) is 0 Å². The summed E-state index contributed by atoms with van der Waals surface area (Å²) in [5, 5.41) is 9.12. The summed E-state index contributed by atoms with van der Waals surface area (Å²) in [6, 6.07) is 9.09. The summed E-state index contributed by atoms with van der Waals surface area (Å²) in [6.45, 7) is 0. The average molecular weight is 313 g/mol. The third-order valence-corrected chi connectivity index (χ3v) is 2.51. The molecule has 0 spiro atoms. The van der Waals surface area contributed by atoms with Crippen LogP contribution in [0.15, 0.2) is 36.5 Å². The molecule has 0 radical (unpaired) electrons. The molecule has 15 heavy (non-hydrogen) atoms. The number of nitrogens with one attached hydrogen (secondary N) is 2. The molecule has 4 nitrogen and oxygen atoms in total. The van der Waals surface area contributed by atoms with E-state index in [0.717, 1.165) is 3.57 Å². The third kappa shape index (κ3) is 2.56. The Bertz CT molecular complexity index is 467. The van der Waals surface area contributed by atoms with Crippen molar-refractivity contribution >= 4 is 34.3 Å². The van der Waals surface area contributed by atoms with E-state index in [4.69, 9.17) is 0 Å². The SMILES string of the molecule is O=C(Nc1ccn[nH]1)c1cccc(I)c1. The largest absolute Gasteiger partial charge is 0.307 e. The molecule has 0 saturated heterocycles. The van der Waals surface area contributed by atoms with Gasteiger partial charge in [-0.2, -0.15) is 5.10 Å². The van der Waals surface area contributed by atoms with Gasteiger partial charge in [0.25, 0.3) is 5.91 Å². The van der Waals surface area contributed by atoms with E-state index in [-0.39, 0.29) is 5.91 Å². The average Bonchev–Trinajstić information content (AvgIpc) is 2.70. The van der Waals surface area contributed by atoms with Gasteiger partial charge in [0.1, 0.15) is 5.82 Å². The van der Waals surface area contributed by atoms with Crippen molar-refractivity contribution in [3.8, 4) is 0 Å². The zero-order valence-electron chi connectivity index (χ0n) is 7.70. The molecule has 0 unspecified atom stereocenters. The van der Waals surface area contributed by atoms with E-state index in [1.165, 1.54) is 0 Å². The first kappa shape index (κ1) is 10.2. The highest BCUT2D eigenvalue weighted by Gasteiger charge is 2.06. The number of carbonyl (C=O) groups excluding carboxylic acids is 1. The lowest BCUT2D eigenvalue weighted by Gasteiger charge is -2.02. The Hall–Kier alpha value is -1.37. The van der Waals surface area contributed by atoms with Crippen LogP contribution in [0.2, 0.25) is 0 Å². The lowest BCUT2D eigenvalue weighted by molar-refractivity contribution is 0.102. The van der Waals surface area contributed by atoms with E-state index in [9.17, 15) is 4.79 Å². The minimum absolute atomic E-state index is 0.141. The molecular formula is C10H8IN3O. The van der Waals surface area contributed by atoms with E-state index < -0.39 is 0 Å². The van der Waals surface area contributed by atoms with Crippen LogP contribution >= 0.6 is 22.6 Å². The van der Waals surface area contributed by atoms with Crippen molar-refractivity contribution in [1.82, 2.24) is 10.2 Å². The molecule has 2 N–H and O–H groups in total. The van der Waals surface area contributed by atoms with Crippen LogP contribution < -0.4 is 5.32 Å². The predicted molar refractivity (Wildman–Crippen MR) is 65.7 cm³/mol. The second kappa shape index (κ2) is 4.43. The number of benzene rings is 1. The van der Waals surface area contributed by atoms with Crippen LogP contribution in [0.5, 0.6) is 0 Å². The number of hydrogen-bond donors (Lipinski definition) is 2. The topological polar surface area (TPSA) is 57.8 Å². The molecule has 0 atom stereocenters. The Balaban J connectivity index is 2.15. The van der Waals surface area contributed by atoms with Gasteiger partial charge in [-0.3, -0.25) is 9.89 Å². The number of hydrogen-bond acceptors (Lipinski definition) is 2. The highest BCUT2D eigenvalue weighted by Crippen LogP contribution is 2.09. The van der Waals surface area contributed by atoms with Gasteiger partial charge in [-0.15, -0.1) is 0 Å². The molecule has 1 aromatic heterocycles. The smallest absolute Gasteiger partial charge is 0.256 e. The molecule has 0 aliphatic carbocycles. The minimum atomic E-state index is -0.141. The molecular weight excluding hydrogens is 305 g/mol. The summed E-state index contributed by atoms with van der Waals surface area (Å²) in [6.07, 6.45) is 1.59. The van der Waals surface area contributed by atoms with Crippen LogP contribution in [0.1, 0.15) is 10.4 Å². The van der Waals surface area contributed by atoms with Crippen molar-refractivity contribution in [2.45, 2.75) is 0 Å². The van der Waals surface area contributed by atoms with Crippen LogP contribution in [-0.4, -0.2) is 16.1 Å². The summed E-state index contributed by atoms with van der Waals surface area (Å²) in [7, 11) is 0. The fourth-order valence-corrected chi connectivity index (χ4v) is 1.69. The lowest BCUT2D eigenvalue weighted by Crippen LogP contribution is -2.12. The maximum absolute atomic E-state index is 11.7. The Morgan fingerprint density at radius 2 is 2.27 bits per heavy atom. The summed E-state index contributed by atoms with van der Waals surface area (Å²) in [5.74, 6) is 0.455. The van der Waals surface area contributed by atoms with Crippen molar-refractivity contribution in [3.05, 3.63) is 45.7 Å². The first-order chi connectivity index (χ1) is 7.25. The van der Waals surface area contributed by atoms with Gasteiger partial charge in [-0.25, -0.2) is 0 Å². The van der Waals surface area contributed by atoms with E-state index in [1.807, 2.05) is 18.2 Å². The molecule has 5 heteroatoms. The Morgan fingerprint density at radius 1 is 1.40 bits per heavy atom. The summed E-state index contributed by atoms with van der Waals surface area (Å²) >= 11 is 2.17. The number of anilines is 1. The number of aromatic nitrogens is 2. The standard InChI is InChI=1S/C10H8IN3O/c11-8-3-1-2-7(6-8)10(15)13-9-4-5-12-14-9/h1-6H,(H2,12,13,14,15). The lowest BCUT2D eigenvalue weighted by atomic mass is 10.2. The van der Waals surface area contributed by atoms with Crippen molar-refractivity contribution in [3.63, 3.8) is 0 Å². The summed E-state index contributed by atoms with van der Waals surface area (Å²) in [4.78, 5) is 11.7. The predicted octanol–water partition coefficient (Wildman–Crippen LogP) is 2.27. The molecule has 1 heterocycles. The van der Waals surface area contributed by atoms with Gasteiger partial charge in [0.05, 0.1) is 6.20 Å². The highest BCUT2D eigenvalue weighted by molar-refractivity contribution is 14.1. The molecule has 76 valence electrons. The molecule has 1 amide bonds. The van der Waals surface area contributed by atoms with Gasteiger partial charge in [0.2, 0.25) is 0 Å². The van der Waals surface area contributed by atoms with Crippen molar-refractivity contribution < 1.29 is 4.79 Å². The third-order valence-electron chi connectivity index (χ3n) is 1.84. The maximum Gasteiger partial charge on any atom is 0.256 e. The molecule has 0 aliphatic rings. The normalized spacial score (nSPS) is 9.93. The highest BCUT2D eigenvalue weighted by atomic mass is 127. The Kier molecular flexibility index (Phi) is 3.00. The van der Waals surface area contributed by atoms with E-state index in [1.54, 1.807) is 18.3 Å². The molecule has 2 rings (SSSR count). The minimum Gasteiger partial charge on any atom is -0.307 e. The number of nitrogens with zero attached hydrogens (tertiary/aromatic N) is 1. The second-order valence-corrected chi connectivity index (χ2v) is 4.18. The molecule has 0 bridgehead atoms. The van der Waals surface area contributed by atoms with E-state index in [0.29, 0.717) is 11.4 Å². The van der Waals surface area contributed by atoms with Gasteiger partial charge in [0, 0.05) is 15.2 Å². The number of H-pyrrole nitrogens is 1. The van der Waals surface area contributed by atoms with Crippen molar-refractivity contribution in [2.75, 3.05) is 5.32 Å². The van der Waals surface area contributed by atoms with E-state index >= 15 is 0 Å². The number of amides is 1. The monoisotopic (exact) mass is 313 g/mol. The second-order valence-electron chi connectivity index (χ2n) is 2.93. The molecule has 1 aromatic carbocycles. The summed E-state index contributed by atoms with van der Waals surface area (Å²) < 4.78 is 1.03. The van der Waals surface area contributed by atoms with Gasteiger partial charge in [0.15, 0.2) is 0 Å². The van der Waals surface area contributed by atoms with Crippen LogP contribution in [0.4, 0.5) is 5.82 Å². The van der Waals surface area contributed by atoms with Crippen LogP contribution in [0.3, 0.4) is 0 Å². The Morgan fingerprint density at radius 3 is 2.93 bits per heavy atom. The Labute approximate surface area is 100 Å². The molecule has 0 saturated carbocycles. The first-order valence-corrected chi connectivity index (χ1v) is 5.40. The number of halogens is 1. The number of aromatic amines is 1.